The zero-order valence-electron chi connectivity index (χ0n) is 9.59. The SMILES string of the molecule is CCNC(=O)CN[C@H](C)c1ccccc1Br. The standard InChI is InChI=1S/C12H17BrN2O/c1-3-14-12(16)8-15-9(2)10-6-4-5-7-11(10)13/h4-7,9,15H,3,8H2,1-2H3,(H,14,16)/t9-/m1/s1. The number of carbonyl (C=O) groups excluding carboxylic acids is 1. The predicted octanol–water partition coefficient (Wildman–Crippen LogP) is 2.24. The maximum absolute atomic E-state index is 11.3. The monoisotopic (exact) mass is 284 g/mol. The van der Waals surface area contributed by atoms with Crippen molar-refractivity contribution >= 4 is 21.8 Å². The van der Waals surface area contributed by atoms with E-state index in [1.807, 2.05) is 38.1 Å². The lowest BCUT2D eigenvalue weighted by Crippen LogP contribution is -2.34. The minimum atomic E-state index is 0.0291. The van der Waals surface area contributed by atoms with Gasteiger partial charge >= 0.3 is 0 Å². The number of likely N-dealkylation sites (N-methyl/N-ethyl adjacent to an activating group) is 1. The summed E-state index contributed by atoms with van der Waals surface area (Å²) in [5.74, 6) is 0.0291. The van der Waals surface area contributed by atoms with Crippen molar-refractivity contribution in [2.75, 3.05) is 13.1 Å². The van der Waals surface area contributed by atoms with Crippen molar-refractivity contribution in [2.45, 2.75) is 19.9 Å². The molecule has 0 heterocycles. The van der Waals surface area contributed by atoms with Gasteiger partial charge < -0.3 is 10.6 Å². The van der Waals surface area contributed by atoms with Gasteiger partial charge in [-0.2, -0.15) is 0 Å². The van der Waals surface area contributed by atoms with Gasteiger partial charge in [0.2, 0.25) is 5.91 Å². The summed E-state index contributed by atoms with van der Waals surface area (Å²) in [6, 6.07) is 8.16. The first kappa shape index (κ1) is 13.2. The molecule has 0 aromatic heterocycles. The van der Waals surface area contributed by atoms with Crippen molar-refractivity contribution in [1.82, 2.24) is 10.6 Å². The van der Waals surface area contributed by atoms with Gasteiger partial charge in [-0.05, 0) is 25.5 Å². The highest BCUT2D eigenvalue weighted by atomic mass is 79.9. The quantitative estimate of drug-likeness (QED) is 0.871. The van der Waals surface area contributed by atoms with Crippen LogP contribution < -0.4 is 10.6 Å². The lowest BCUT2D eigenvalue weighted by atomic mass is 10.1. The number of benzene rings is 1. The summed E-state index contributed by atoms with van der Waals surface area (Å²) < 4.78 is 1.06. The molecule has 4 heteroatoms. The van der Waals surface area contributed by atoms with Crippen LogP contribution in [-0.4, -0.2) is 19.0 Å². The highest BCUT2D eigenvalue weighted by Crippen LogP contribution is 2.22. The van der Waals surface area contributed by atoms with E-state index in [9.17, 15) is 4.79 Å². The molecule has 0 saturated carbocycles. The summed E-state index contributed by atoms with van der Waals surface area (Å²) in [4.78, 5) is 11.3. The molecule has 2 N–H and O–H groups in total. The van der Waals surface area contributed by atoms with E-state index < -0.39 is 0 Å². The minimum absolute atomic E-state index is 0.0291. The summed E-state index contributed by atoms with van der Waals surface area (Å²) in [7, 11) is 0. The van der Waals surface area contributed by atoms with Gasteiger partial charge in [-0.25, -0.2) is 0 Å². The first-order valence-electron chi connectivity index (χ1n) is 5.39. The van der Waals surface area contributed by atoms with Gasteiger partial charge in [-0.1, -0.05) is 34.1 Å². The third-order valence-electron chi connectivity index (χ3n) is 2.31. The molecule has 0 radical (unpaired) electrons. The highest BCUT2D eigenvalue weighted by molar-refractivity contribution is 9.10. The fraction of sp³-hybridized carbons (Fsp3) is 0.417. The zero-order chi connectivity index (χ0) is 12.0. The number of amides is 1. The summed E-state index contributed by atoms with van der Waals surface area (Å²) in [6.45, 7) is 4.97. The number of hydrogen-bond acceptors (Lipinski definition) is 2. The third-order valence-corrected chi connectivity index (χ3v) is 3.04. The molecule has 0 saturated heterocycles. The Hall–Kier alpha value is -0.870. The van der Waals surface area contributed by atoms with Crippen LogP contribution in [0.2, 0.25) is 0 Å². The molecule has 16 heavy (non-hydrogen) atoms. The van der Waals surface area contributed by atoms with Gasteiger partial charge in [0.25, 0.3) is 0 Å². The van der Waals surface area contributed by atoms with Gasteiger partial charge in [0.15, 0.2) is 0 Å². The van der Waals surface area contributed by atoms with E-state index in [-0.39, 0.29) is 11.9 Å². The molecule has 1 rings (SSSR count). The second-order valence-electron chi connectivity index (χ2n) is 3.58. The van der Waals surface area contributed by atoms with Crippen LogP contribution in [0.4, 0.5) is 0 Å². The molecule has 0 aliphatic rings. The molecule has 0 aliphatic carbocycles. The summed E-state index contributed by atoms with van der Waals surface area (Å²) in [5, 5.41) is 5.94. The van der Waals surface area contributed by atoms with Crippen molar-refractivity contribution in [3.8, 4) is 0 Å². The van der Waals surface area contributed by atoms with Crippen LogP contribution >= 0.6 is 15.9 Å². The Labute approximate surface area is 105 Å². The van der Waals surface area contributed by atoms with E-state index in [0.717, 1.165) is 10.0 Å². The van der Waals surface area contributed by atoms with E-state index >= 15 is 0 Å². The molecule has 1 amide bonds. The largest absolute Gasteiger partial charge is 0.355 e. The minimum Gasteiger partial charge on any atom is -0.355 e. The normalized spacial score (nSPS) is 12.2. The molecule has 0 aliphatic heterocycles. The Bertz CT molecular complexity index is 355. The average Bonchev–Trinajstić information content (AvgIpc) is 2.27. The Morgan fingerprint density at radius 2 is 2.12 bits per heavy atom. The predicted molar refractivity (Wildman–Crippen MR) is 69.2 cm³/mol. The van der Waals surface area contributed by atoms with Gasteiger partial charge in [0, 0.05) is 17.1 Å². The first-order chi connectivity index (χ1) is 7.65. The van der Waals surface area contributed by atoms with Gasteiger partial charge in [0.05, 0.1) is 6.54 Å². The molecule has 0 fully saturated rings. The molecule has 1 aromatic rings. The topological polar surface area (TPSA) is 41.1 Å². The number of hydrogen-bond donors (Lipinski definition) is 2. The molecule has 0 unspecified atom stereocenters. The Morgan fingerprint density at radius 1 is 1.44 bits per heavy atom. The van der Waals surface area contributed by atoms with Crippen molar-refractivity contribution in [2.24, 2.45) is 0 Å². The average molecular weight is 285 g/mol. The fourth-order valence-corrected chi connectivity index (χ4v) is 2.07. The molecule has 1 atom stereocenters. The maximum Gasteiger partial charge on any atom is 0.233 e. The molecule has 0 spiro atoms. The summed E-state index contributed by atoms with van der Waals surface area (Å²) >= 11 is 3.49. The summed E-state index contributed by atoms with van der Waals surface area (Å²) in [5.41, 5.74) is 1.16. The van der Waals surface area contributed by atoms with Gasteiger partial charge in [0.1, 0.15) is 0 Å². The van der Waals surface area contributed by atoms with Crippen molar-refractivity contribution in [1.29, 1.82) is 0 Å². The van der Waals surface area contributed by atoms with Crippen LogP contribution in [0.25, 0.3) is 0 Å². The summed E-state index contributed by atoms with van der Waals surface area (Å²) in [6.07, 6.45) is 0. The second kappa shape index (κ2) is 6.66. The van der Waals surface area contributed by atoms with Crippen LogP contribution in [0.15, 0.2) is 28.7 Å². The molecule has 88 valence electrons. The van der Waals surface area contributed by atoms with E-state index in [0.29, 0.717) is 13.1 Å². The van der Waals surface area contributed by atoms with E-state index in [1.54, 1.807) is 0 Å². The van der Waals surface area contributed by atoms with E-state index in [2.05, 4.69) is 26.6 Å². The van der Waals surface area contributed by atoms with Gasteiger partial charge in [-0.15, -0.1) is 0 Å². The zero-order valence-corrected chi connectivity index (χ0v) is 11.2. The van der Waals surface area contributed by atoms with Crippen LogP contribution in [0.1, 0.15) is 25.5 Å². The molecular formula is C12H17BrN2O. The molecule has 3 nitrogen and oxygen atoms in total. The van der Waals surface area contributed by atoms with Crippen LogP contribution in [-0.2, 0) is 4.79 Å². The maximum atomic E-state index is 11.3. The Balaban J connectivity index is 2.50. The fourth-order valence-electron chi connectivity index (χ4n) is 1.44. The number of carbonyl (C=O) groups is 1. The number of halogens is 1. The second-order valence-corrected chi connectivity index (χ2v) is 4.43. The molecule has 0 bridgehead atoms. The lowest BCUT2D eigenvalue weighted by molar-refractivity contribution is -0.120. The lowest BCUT2D eigenvalue weighted by Gasteiger charge is -2.15. The third kappa shape index (κ3) is 3.94. The van der Waals surface area contributed by atoms with Crippen LogP contribution in [0.5, 0.6) is 0 Å². The molecular weight excluding hydrogens is 268 g/mol. The van der Waals surface area contributed by atoms with Crippen LogP contribution in [0, 0.1) is 0 Å². The van der Waals surface area contributed by atoms with Crippen molar-refractivity contribution < 1.29 is 4.79 Å². The van der Waals surface area contributed by atoms with Crippen molar-refractivity contribution in [3.63, 3.8) is 0 Å². The number of nitrogens with one attached hydrogen (secondary N) is 2. The highest BCUT2D eigenvalue weighted by Gasteiger charge is 2.09. The Morgan fingerprint density at radius 3 is 2.75 bits per heavy atom. The number of rotatable bonds is 5. The van der Waals surface area contributed by atoms with Crippen molar-refractivity contribution in [3.05, 3.63) is 34.3 Å². The van der Waals surface area contributed by atoms with Crippen LogP contribution in [0.3, 0.4) is 0 Å². The van der Waals surface area contributed by atoms with Gasteiger partial charge in [-0.3, -0.25) is 4.79 Å². The Kier molecular flexibility index (Phi) is 5.49. The first-order valence-corrected chi connectivity index (χ1v) is 6.19. The molecule has 1 aromatic carbocycles. The van der Waals surface area contributed by atoms with E-state index in [1.165, 1.54) is 0 Å². The smallest absolute Gasteiger partial charge is 0.233 e. The van der Waals surface area contributed by atoms with E-state index in [4.69, 9.17) is 0 Å².